The Morgan fingerprint density at radius 2 is 2.42 bits per heavy atom. The lowest BCUT2D eigenvalue weighted by molar-refractivity contribution is -0.114. The van der Waals surface area contributed by atoms with Crippen LogP contribution in [0, 0.1) is 0 Å². The van der Waals surface area contributed by atoms with Crippen molar-refractivity contribution >= 4 is 22.4 Å². The van der Waals surface area contributed by atoms with Crippen molar-refractivity contribution in [2.75, 3.05) is 25.5 Å². The summed E-state index contributed by atoms with van der Waals surface area (Å²) in [7, 11) is 2.16. The van der Waals surface area contributed by atoms with Gasteiger partial charge in [-0.1, -0.05) is 0 Å². The maximum absolute atomic E-state index is 11.0. The van der Waals surface area contributed by atoms with Gasteiger partial charge in [0.15, 0.2) is 5.13 Å². The third-order valence-electron chi connectivity index (χ3n) is 3.41. The molecule has 6 heteroatoms. The van der Waals surface area contributed by atoms with E-state index in [-0.39, 0.29) is 5.91 Å². The van der Waals surface area contributed by atoms with Crippen molar-refractivity contribution in [2.24, 2.45) is 0 Å². The second-order valence-electron chi connectivity index (χ2n) is 5.08. The highest BCUT2D eigenvalue weighted by Crippen LogP contribution is 2.19. The highest BCUT2D eigenvalue weighted by atomic mass is 32.1. The molecule has 1 aliphatic heterocycles. The van der Waals surface area contributed by atoms with Gasteiger partial charge in [0.2, 0.25) is 5.91 Å². The number of hydrogen-bond acceptors (Lipinski definition) is 5. The van der Waals surface area contributed by atoms with E-state index >= 15 is 0 Å². The maximum Gasteiger partial charge on any atom is 0.223 e. The average Bonchev–Trinajstić information content (AvgIpc) is 2.64. The van der Waals surface area contributed by atoms with Gasteiger partial charge < -0.3 is 10.6 Å². The number of anilines is 1. The third kappa shape index (κ3) is 4.56. The molecule has 0 aromatic carbocycles. The van der Waals surface area contributed by atoms with Gasteiger partial charge in [-0.05, 0) is 39.4 Å². The lowest BCUT2D eigenvalue weighted by Crippen LogP contribution is -2.32. The quantitative estimate of drug-likeness (QED) is 0.882. The summed E-state index contributed by atoms with van der Waals surface area (Å²) in [5.41, 5.74) is 1.04. The summed E-state index contributed by atoms with van der Waals surface area (Å²) in [6, 6.07) is 0.626. The van der Waals surface area contributed by atoms with E-state index in [4.69, 9.17) is 0 Å². The summed E-state index contributed by atoms with van der Waals surface area (Å²) >= 11 is 1.49. The maximum atomic E-state index is 11.0. The van der Waals surface area contributed by atoms with E-state index in [2.05, 4.69) is 27.6 Å². The first-order valence-electron chi connectivity index (χ1n) is 6.78. The third-order valence-corrected chi connectivity index (χ3v) is 4.22. The molecule has 0 aliphatic carbocycles. The van der Waals surface area contributed by atoms with Crippen molar-refractivity contribution in [3.05, 3.63) is 11.1 Å². The fourth-order valence-electron chi connectivity index (χ4n) is 2.41. The number of carbonyl (C=O) groups is 1. The number of carbonyl (C=O) groups excluding carboxylic acids is 1. The number of nitrogens with zero attached hydrogens (tertiary/aromatic N) is 2. The van der Waals surface area contributed by atoms with E-state index in [1.165, 1.54) is 37.5 Å². The summed E-state index contributed by atoms with van der Waals surface area (Å²) in [6.07, 6.45) is 3.68. The molecule has 1 aliphatic rings. The van der Waals surface area contributed by atoms with Crippen LogP contribution in [0.4, 0.5) is 5.13 Å². The summed E-state index contributed by atoms with van der Waals surface area (Å²) in [4.78, 5) is 17.8. The minimum Gasteiger partial charge on any atom is -0.317 e. The second-order valence-corrected chi connectivity index (χ2v) is 5.93. The summed E-state index contributed by atoms with van der Waals surface area (Å²) in [6.45, 7) is 4.59. The first-order chi connectivity index (χ1) is 9.15. The van der Waals surface area contributed by atoms with Gasteiger partial charge in [0.1, 0.15) is 0 Å². The number of hydrogen-bond donors (Lipinski definition) is 2. The fourth-order valence-corrected chi connectivity index (χ4v) is 3.16. The molecule has 1 unspecified atom stereocenters. The molecule has 1 saturated heterocycles. The van der Waals surface area contributed by atoms with Crippen LogP contribution in [0.2, 0.25) is 0 Å². The van der Waals surface area contributed by atoms with Crippen LogP contribution >= 0.6 is 11.3 Å². The molecule has 0 radical (unpaired) electrons. The Morgan fingerprint density at radius 3 is 3.21 bits per heavy atom. The molecule has 2 N–H and O–H groups in total. The predicted octanol–water partition coefficient (Wildman–Crippen LogP) is 1.68. The lowest BCUT2D eigenvalue weighted by Gasteiger charge is -2.25. The molecule has 1 amide bonds. The smallest absolute Gasteiger partial charge is 0.223 e. The van der Waals surface area contributed by atoms with Crippen LogP contribution in [0.5, 0.6) is 0 Å². The molecule has 1 atom stereocenters. The summed E-state index contributed by atoms with van der Waals surface area (Å²) in [5, 5.41) is 8.88. The molecule has 1 aromatic heterocycles. The molecule has 1 aromatic rings. The van der Waals surface area contributed by atoms with Gasteiger partial charge >= 0.3 is 0 Å². The van der Waals surface area contributed by atoms with E-state index in [0.717, 1.165) is 25.3 Å². The van der Waals surface area contributed by atoms with E-state index in [1.807, 2.05) is 5.38 Å². The molecule has 2 heterocycles. The molecule has 0 saturated carbocycles. The van der Waals surface area contributed by atoms with Gasteiger partial charge in [0.25, 0.3) is 0 Å². The van der Waals surface area contributed by atoms with Gasteiger partial charge in [0.05, 0.1) is 5.69 Å². The van der Waals surface area contributed by atoms with E-state index in [9.17, 15) is 4.79 Å². The largest absolute Gasteiger partial charge is 0.317 e. The first-order valence-corrected chi connectivity index (χ1v) is 7.66. The predicted molar refractivity (Wildman–Crippen MR) is 78.4 cm³/mol. The Labute approximate surface area is 118 Å². The second kappa shape index (κ2) is 6.98. The van der Waals surface area contributed by atoms with Crippen molar-refractivity contribution in [3.8, 4) is 0 Å². The zero-order chi connectivity index (χ0) is 13.7. The molecule has 1 fully saturated rings. The Morgan fingerprint density at radius 1 is 1.58 bits per heavy atom. The topological polar surface area (TPSA) is 57.3 Å². The minimum atomic E-state index is -0.0657. The number of aromatic nitrogens is 1. The zero-order valence-electron chi connectivity index (χ0n) is 11.6. The number of thiazole rings is 1. The Balaban J connectivity index is 1.88. The normalized spacial score (nSPS) is 20.3. The van der Waals surface area contributed by atoms with Gasteiger partial charge in [-0.25, -0.2) is 4.98 Å². The monoisotopic (exact) mass is 282 g/mol. The molecule has 0 spiro atoms. The van der Waals surface area contributed by atoms with Crippen LogP contribution < -0.4 is 10.6 Å². The van der Waals surface area contributed by atoms with Crippen LogP contribution in [0.1, 0.15) is 31.9 Å². The van der Waals surface area contributed by atoms with Crippen LogP contribution in [0.25, 0.3) is 0 Å². The van der Waals surface area contributed by atoms with E-state index < -0.39 is 0 Å². The highest BCUT2D eigenvalue weighted by Gasteiger charge is 2.17. The van der Waals surface area contributed by atoms with Crippen molar-refractivity contribution in [3.63, 3.8) is 0 Å². The lowest BCUT2D eigenvalue weighted by atomic mass is 10.1. The molecule has 5 nitrogen and oxygen atoms in total. The average molecular weight is 282 g/mol. The number of rotatable bonds is 4. The Hall–Kier alpha value is -0.980. The standard InChI is InChI=1S/C13H22N4OS/c1-10(18)15-13-16-11(9-19-13)8-17(2)12-4-3-6-14-7-5-12/h9,12,14H,3-8H2,1-2H3,(H,15,16,18). The molecule has 0 bridgehead atoms. The van der Waals surface area contributed by atoms with Crippen LogP contribution in [-0.4, -0.2) is 42.0 Å². The zero-order valence-corrected chi connectivity index (χ0v) is 12.4. The van der Waals surface area contributed by atoms with E-state index in [1.54, 1.807) is 0 Å². The van der Waals surface area contributed by atoms with Crippen molar-refractivity contribution in [1.82, 2.24) is 15.2 Å². The van der Waals surface area contributed by atoms with Crippen molar-refractivity contribution in [1.29, 1.82) is 0 Å². The van der Waals surface area contributed by atoms with Gasteiger partial charge in [-0.3, -0.25) is 9.69 Å². The van der Waals surface area contributed by atoms with Crippen molar-refractivity contribution < 1.29 is 4.79 Å². The minimum absolute atomic E-state index is 0.0657. The Bertz CT molecular complexity index is 413. The fraction of sp³-hybridized carbons (Fsp3) is 0.692. The molecular weight excluding hydrogens is 260 g/mol. The van der Waals surface area contributed by atoms with Gasteiger partial charge in [-0.2, -0.15) is 0 Å². The molecule has 106 valence electrons. The number of nitrogens with one attached hydrogen (secondary N) is 2. The van der Waals surface area contributed by atoms with Gasteiger partial charge in [0, 0.05) is 24.9 Å². The molecule has 19 heavy (non-hydrogen) atoms. The SMILES string of the molecule is CC(=O)Nc1nc(CN(C)C2CCCNCC2)cs1. The van der Waals surface area contributed by atoms with E-state index in [0.29, 0.717) is 11.2 Å². The first kappa shape index (κ1) is 14.4. The summed E-state index contributed by atoms with van der Waals surface area (Å²) in [5.74, 6) is -0.0657. The van der Waals surface area contributed by atoms with Crippen LogP contribution in [0.15, 0.2) is 5.38 Å². The molecular formula is C13H22N4OS. The van der Waals surface area contributed by atoms with Crippen molar-refractivity contribution in [2.45, 2.75) is 38.8 Å². The van der Waals surface area contributed by atoms with Crippen LogP contribution in [0.3, 0.4) is 0 Å². The molecule has 2 rings (SSSR count). The van der Waals surface area contributed by atoms with Gasteiger partial charge in [-0.15, -0.1) is 11.3 Å². The number of amides is 1. The Kier molecular flexibility index (Phi) is 5.30. The summed E-state index contributed by atoms with van der Waals surface area (Å²) < 4.78 is 0. The highest BCUT2D eigenvalue weighted by molar-refractivity contribution is 7.13. The van der Waals surface area contributed by atoms with Crippen LogP contribution in [-0.2, 0) is 11.3 Å².